The summed E-state index contributed by atoms with van der Waals surface area (Å²) in [5.74, 6) is 0.0639. The minimum atomic E-state index is -0.524. The average molecular weight is 418 g/mol. The minimum Gasteiger partial charge on any atom is -0.364 e. The lowest BCUT2D eigenvalue weighted by molar-refractivity contribution is 0.0995. The van der Waals surface area contributed by atoms with Gasteiger partial charge in [0.2, 0.25) is 5.95 Å². The molecule has 2 aromatic heterocycles. The quantitative estimate of drug-likeness (QED) is 0.571. The van der Waals surface area contributed by atoms with Crippen LogP contribution in [0.5, 0.6) is 0 Å². The van der Waals surface area contributed by atoms with Crippen molar-refractivity contribution in [2.24, 2.45) is 5.73 Å². The molecule has 0 spiro atoms. The number of aromatic nitrogens is 3. The molecule has 0 unspecified atom stereocenters. The summed E-state index contributed by atoms with van der Waals surface area (Å²) in [6, 6.07) is 9.63. The second-order valence-electron chi connectivity index (χ2n) is 8.03. The van der Waals surface area contributed by atoms with Gasteiger partial charge in [-0.25, -0.2) is 9.97 Å². The molecule has 0 aliphatic carbocycles. The molecule has 3 N–H and O–H groups in total. The molecule has 1 aliphatic rings. The van der Waals surface area contributed by atoms with Crippen LogP contribution in [0.1, 0.15) is 40.2 Å². The molecular weight excluding hydrogens is 390 g/mol. The van der Waals surface area contributed by atoms with Gasteiger partial charge in [-0.3, -0.25) is 9.69 Å². The number of unbranched alkanes of at least 4 members (excludes halogenated alkanes) is 1. The molecule has 1 aromatic carbocycles. The highest BCUT2D eigenvalue weighted by molar-refractivity contribution is 5.91. The number of rotatable bonds is 7. The van der Waals surface area contributed by atoms with E-state index in [1.165, 1.54) is 5.56 Å². The maximum absolute atomic E-state index is 11.5. The van der Waals surface area contributed by atoms with Gasteiger partial charge >= 0.3 is 0 Å². The summed E-state index contributed by atoms with van der Waals surface area (Å²) in [6.07, 6.45) is 5.29. The Hall–Kier alpha value is -3.44. The van der Waals surface area contributed by atoms with E-state index in [4.69, 9.17) is 11.0 Å². The van der Waals surface area contributed by atoms with Crippen LogP contribution in [0.3, 0.4) is 0 Å². The molecule has 0 radical (unpaired) electrons. The van der Waals surface area contributed by atoms with Gasteiger partial charge in [-0.2, -0.15) is 5.26 Å². The molecule has 160 valence electrons. The van der Waals surface area contributed by atoms with Crippen molar-refractivity contribution in [2.75, 3.05) is 37.6 Å². The van der Waals surface area contributed by atoms with Crippen LogP contribution >= 0.6 is 0 Å². The molecule has 4 rings (SSSR count). The minimum absolute atomic E-state index is 0.268. The first kappa shape index (κ1) is 20.8. The van der Waals surface area contributed by atoms with E-state index in [9.17, 15) is 4.79 Å². The van der Waals surface area contributed by atoms with E-state index in [0.29, 0.717) is 11.5 Å². The summed E-state index contributed by atoms with van der Waals surface area (Å²) in [6.45, 7) is 6.47. The van der Waals surface area contributed by atoms with E-state index >= 15 is 0 Å². The number of aromatic amines is 1. The Morgan fingerprint density at radius 1 is 1.19 bits per heavy atom. The number of benzene rings is 1. The fraction of sp³-hybridized carbons (Fsp3) is 0.391. The first-order chi connectivity index (χ1) is 15.0. The monoisotopic (exact) mass is 417 g/mol. The van der Waals surface area contributed by atoms with Crippen LogP contribution in [0.15, 0.2) is 30.5 Å². The first-order valence-electron chi connectivity index (χ1n) is 10.7. The van der Waals surface area contributed by atoms with Crippen molar-refractivity contribution in [3.8, 4) is 6.07 Å². The molecule has 0 bridgehead atoms. The molecule has 3 heterocycles. The summed E-state index contributed by atoms with van der Waals surface area (Å²) >= 11 is 0. The normalized spacial score (nSPS) is 14.6. The van der Waals surface area contributed by atoms with E-state index in [2.05, 4.69) is 37.0 Å². The number of aryl methyl sites for hydroxylation is 2. The zero-order valence-electron chi connectivity index (χ0n) is 17.8. The van der Waals surface area contributed by atoms with Crippen molar-refractivity contribution in [3.05, 3.63) is 53.0 Å². The number of nitrogens with two attached hydrogens (primary N) is 1. The fourth-order valence-electron chi connectivity index (χ4n) is 4.10. The van der Waals surface area contributed by atoms with Gasteiger partial charge in [-0.15, -0.1) is 0 Å². The lowest BCUT2D eigenvalue weighted by Crippen LogP contribution is -2.47. The smallest absolute Gasteiger partial charge is 0.267 e. The molecule has 0 saturated carbocycles. The molecule has 1 amide bonds. The number of piperazine rings is 1. The van der Waals surface area contributed by atoms with Crippen LogP contribution in [0.25, 0.3) is 10.9 Å². The number of amides is 1. The molecule has 1 fully saturated rings. The van der Waals surface area contributed by atoms with Crippen LogP contribution in [0.4, 0.5) is 5.95 Å². The number of H-pyrrole nitrogens is 1. The van der Waals surface area contributed by atoms with Crippen LogP contribution in [-0.4, -0.2) is 58.5 Å². The predicted octanol–water partition coefficient (Wildman–Crippen LogP) is 2.38. The number of carbonyl (C=O) groups excluding carboxylic acids is 1. The van der Waals surface area contributed by atoms with E-state index in [0.717, 1.165) is 68.6 Å². The zero-order valence-corrected chi connectivity index (χ0v) is 17.8. The average Bonchev–Trinajstić information content (AvgIpc) is 3.18. The highest BCUT2D eigenvalue weighted by Gasteiger charge is 2.20. The first-order valence-corrected chi connectivity index (χ1v) is 10.7. The molecule has 31 heavy (non-hydrogen) atoms. The molecule has 1 aliphatic heterocycles. The molecule has 1 saturated heterocycles. The Kier molecular flexibility index (Phi) is 6.14. The third kappa shape index (κ3) is 4.84. The van der Waals surface area contributed by atoms with Gasteiger partial charge in [-0.1, -0.05) is 0 Å². The van der Waals surface area contributed by atoms with Gasteiger partial charge < -0.3 is 15.6 Å². The van der Waals surface area contributed by atoms with E-state index in [1.807, 2.05) is 25.1 Å². The van der Waals surface area contributed by atoms with E-state index in [-0.39, 0.29) is 5.69 Å². The van der Waals surface area contributed by atoms with Crippen LogP contribution in [0.2, 0.25) is 0 Å². The number of fused-ring (bicyclic) bond motifs is 1. The second kappa shape index (κ2) is 9.14. The predicted molar refractivity (Wildman–Crippen MR) is 120 cm³/mol. The molecular formula is C23H27N7O. The van der Waals surface area contributed by atoms with Crippen molar-refractivity contribution in [2.45, 2.75) is 26.2 Å². The number of hydrogen-bond acceptors (Lipinski definition) is 6. The van der Waals surface area contributed by atoms with Gasteiger partial charge in [0.25, 0.3) is 5.91 Å². The zero-order chi connectivity index (χ0) is 21.8. The largest absolute Gasteiger partial charge is 0.364 e. The van der Waals surface area contributed by atoms with Crippen molar-refractivity contribution in [1.29, 1.82) is 5.26 Å². The van der Waals surface area contributed by atoms with Crippen molar-refractivity contribution in [3.63, 3.8) is 0 Å². The van der Waals surface area contributed by atoms with Gasteiger partial charge in [0.05, 0.1) is 11.6 Å². The lowest BCUT2D eigenvalue weighted by Gasteiger charge is -2.34. The van der Waals surface area contributed by atoms with Gasteiger partial charge in [0.1, 0.15) is 5.69 Å². The highest BCUT2D eigenvalue weighted by atomic mass is 16.1. The second-order valence-corrected chi connectivity index (χ2v) is 8.03. The number of nitrogens with one attached hydrogen (secondary N) is 1. The van der Waals surface area contributed by atoms with Crippen molar-refractivity contribution < 1.29 is 4.79 Å². The standard InChI is InChI=1S/C23H27N7O/c1-16-12-21(22(25)31)28-23(27-16)30-10-8-29(9-11-30)7-3-2-4-18-15-26-20-6-5-17(14-24)13-19(18)20/h5-6,12-13,15,26H,2-4,7-11H2,1H3,(H2,25,31). The van der Waals surface area contributed by atoms with Gasteiger partial charge in [0, 0.05) is 49.0 Å². The fourth-order valence-corrected chi connectivity index (χ4v) is 4.10. The third-order valence-corrected chi connectivity index (χ3v) is 5.82. The summed E-state index contributed by atoms with van der Waals surface area (Å²) in [7, 11) is 0. The topological polar surface area (TPSA) is 115 Å². The third-order valence-electron chi connectivity index (χ3n) is 5.82. The number of anilines is 1. The Morgan fingerprint density at radius 3 is 2.74 bits per heavy atom. The Labute approximate surface area is 181 Å². The maximum Gasteiger partial charge on any atom is 0.267 e. The lowest BCUT2D eigenvalue weighted by atomic mass is 10.1. The number of hydrogen-bond donors (Lipinski definition) is 2. The van der Waals surface area contributed by atoms with Crippen molar-refractivity contribution >= 4 is 22.8 Å². The van der Waals surface area contributed by atoms with Crippen LogP contribution < -0.4 is 10.6 Å². The number of carbonyl (C=O) groups is 1. The number of primary amides is 1. The Morgan fingerprint density at radius 2 is 2.00 bits per heavy atom. The van der Waals surface area contributed by atoms with Gasteiger partial charge in [-0.05, 0) is 62.6 Å². The van der Waals surface area contributed by atoms with Crippen molar-refractivity contribution in [1.82, 2.24) is 19.9 Å². The molecule has 3 aromatic rings. The van der Waals surface area contributed by atoms with Crippen LogP contribution in [-0.2, 0) is 6.42 Å². The van der Waals surface area contributed by atoms with E-state index < -0.39 is 5.91 Å². The molecule has 8 nitrogen and oxygen atoms in total. The summed E-state index contributed by atoms with van der Waals surface area (Å²) in [4.78, 5) is 28.1. The number of nitrogens with zero attached hydrogens (tertiary/aromatic N) is 5. The Balaban J connectivity index is 1.25. The maximum atomic E-state index is 11.5. The Bertz CT molecular complexity index is 1120. The summed E-state index contributed by atoms with van der Waals surface area (Å²) < 4.78 is 0. The highest BCUT2D eigenvalue weighted by Crippen LogP contribution is 2.21. The molecule has 8 heteroatoms. The SMILES string of the molecule is Cc1cc(C(N)=O)nc(N2CCN(CCCCc3c[nH]c4ccc(C#N)cc34)CC2)n1. The van der Waals surface area contributed by atoms with E-state index in [1.54, 1.807) is 6.07 Å². The number of nitriles is 1. The summed E-state index contributed by atoms with van der Waals surface area (Å²) in [5, 5.41) is 10.3. The summed E-state index contributed by atoms with van der Waals surface area (Å²) in [5.41, 5.74) is 9.46. The molecule has 0 atom stereocenters. The van der Waals surface area contributed by atoms with Gasteiger partial charge in [0.15, 0.2) is 0 Å². The van der Waals surface area contributed by atoms with Crippen LogP contribution in [0, 0.1) is 18.3 Å².